The summed E-state index contributed by atoms with van der Waals surface area (Å²) in [5.41, 5.74) is 6.37. The van der Waals surface area contributed by atoms with Crippen LogP contribution in [-0.2, 0) is 0 Å². The summed E-state index contributed by atoms with van der Waals surface area (Å²) in [4.78, 5) is 0. The number of benzene rings is 1. The van der Waals surface area contributed by atoms with E-state index in [0.29, 0.717) is 17.9 Å². The first-order valence-electron chi connectivity index (χ1n) is 5.25. The highest BCUT2D eigenvalue weighted by atomic mass is 32.1. The fourth-order valence-electron chi connectivity index (χ4n) is 1.25. The number of hydrogen-bond donors (Lipinski definition) is 2. The van der Waals surface area contributed by atoms with Gasteiger partial charge in [-0.3, -0.25) is 0 Å². The lowest BCUT2D eigenvalue weighted by Gasteiger charge is -2.09. The van der Waals surface area contributed by atoms with Gasteiger partial charge in [0.25, 0.3) is 0 Å². The van der Waals surface area contributed by atoms with Crippen LogP contribution in [0.5, 0.6) is 5.75 Å². The van der Waals surface area contributed by atoms with Crippen molar-refractivity contribution in [3.63, 3.8) is 0 Å². The van der Waals surface area contributed by atoms with Gasteiger partial charge in [-0.1, -0.05) is 0 Å². The topological polar surface area (TPSA) is 59.0 Å². The Morgan fingerprint density at radius 3 is 2.62 bits per heavy atom. The zero-order valence-corrected chi connectivity index (χ0v) is 9.99. The first kappa shape index (κ1) is 12.9. The summed E-state index contributed by atoms with van der Waals surface area (Å²) in [6.45, 7) is 0.646. The minimum absolute atomic E-state index is 0.146. The van der Waals surface area contributed by atoms with Crippen molar-refractivity contribution in [2.45, 2.75) is 18.9 Å². The molecule has 1 aromatic rings. The van der Waals surface area contributed by atoms with E-state index in [9.17, 15) is 0 Å². The van der Waals surface area contributed by atoms with Gasteiger partial charge < -0.3 is 10.5 Å². The second-order valence-corrected chi connectivity index (χ2v) is 3.93. The Hall–Kier alpha value is -1.18. The monoisotopic (exact) mass is 236 g/mol. The van der Waals surface area contributed by atoms with Crippen molar-refractivity contribution in [3.05, 3.63) is 29.8 Å². The molecule has 0 saturated carbocycles. The largest absolute Gasteiger partial charge is 0.494 e. The second kappa shape index (κ2) is 7.15. The second-order valence-electron chi connectivity index (χ2n) is 3.57. The standard InChI is InChI=1S/C12H16N2OS/c13-8-10-3-5-12(6-4-10)15-7-1-2-11(14)9-16/h3-6,11,16H,1-2,7,9,14H2. The Kier molecular flexibility index (Phi) is 5.76. The van der Waals surface area contributed by atoms with Gasteiger partial charge >= 0.3 is 0 Å². The zero-order valence-electron chi connectivity index (χ0n) is 9.10. The van der Waals surface area contributed by atoms with E-state index in [2.05, 4.69) is 18.7 Å². The molecule has 0 radical (unpaired) electrons. The summed E-state index contributed by atoms with van der Waals surface area (Å²) in [7, 11) is 0. The number of nitrogens with zero attached hydrogens (tertiary/aromatic N) is 1. The van der Waals surface area contributed by atoms with Crippen LogP contribution in [0.25, 0.3) is 0 Å². The molecule has 0 aliphatic rings. The maximum absolute atomic E-state index is 8.62. The molecular formula is C12H16N2OS. The zero-order chi connectivity index (χ0) is 11.8. The summed E-state index contributed by atoms with van der Waals surface area (Å²) in [6, 6.07) is 9.30. The van der Waals surface area contributed by atoms with Gasteiger partial charge in [0.05, 0.1) is 18.2 Å². The Morgan fingerprint density at radius 2 is 2.06 bits per heavy atom. The van der Waals surface area contributed by atoms with Gasteiger partial charge in [-0.15, -0.1) is 0 Å². The SMILES string of the molecule is N#Cc1ccc(OCCCC(N)CS)cc1. The minimum atomic E-state index is 0.146. The van der Waals surface area contributed by atoms with Gasteiger partial charge in [0.1, 0.15) is 5.75 Å². The highest BCUT2D eigenvalue weighted by Crippen LogP contribution is 2.12. The average Bonchev–Trinajstić information content (AvgIpc) is 2.35. The molecule has 1 rings (SSSR count). The molecule has 16 heavy (non-hydrogen) atoms. The number of nitriles is 1. The summed E-state index contributed by atoms with van der Waals surface area (Å²) in [6.07, 6.45) is 1.83. The summed E-state index contributed by atoms with van der Waals surface area (Å²) < 4.78 is 5.51. The first-order valence-corrected chi connectivity index (χ1v) is 5.89. The van der Waals surface area contributed by atoms with Gasteiger partial charge in [0, 0.05) is 11.8 Å². The molecule has 2 N–H and O–H groups in total. The van der Waals surface area contributed by atoms with E-state index in [1.54, 1.807) is 24.3 Å². The van der Waals surface area contributed by atoms with E-state index in [-0.39, 0.29) is 6.04 Å². The maximum atomic E-state index is 8.62. The van der Waals surface area contributed by atoms with Gasteiger partial charge in [-0.05, 0) is 37.1 Å². The average molecular weight is 236 g/mol. The van der Waals surface area contributed by atoms with Crippen LogP contribution in [0, 0.1) is 11.3 Å². The highest BCUT2D eigenvalue weighted by molar-refractivity contribution is 7.80. The van der Waals surface area contributed by atoms with Crippen LogP contribution in [0.1, 0.15) is 18.4 Å². The number of thiol groups is 1. The van der Waals surface area contributed by atoms with E-state index in [0.717, 1.165) is 18.6 Å². The molecule has 1 aromatic carbocycles. The molecule has 1 unspecified atom stereocenters. The van der Waals surface area contributed by atoms with Crippen LogP contribution in [0.3, 0.4) is 0 Å². The fraction of sp³-hybridized carbons (Fsp3) is 0.417. The third kappa shape index (κ3) is 4.56. The molecular weight excluding hydrogens is 220 g/mol. The van der Waals surface area contributed by atoms with Gasteiger partial charge in [0.2, 0.25) is 0 Å². The van der Waals surface area contributed by atoms with Crippen LogP contribution in [0.4, 0.5) is 0 Å². The van der Waals surface area contributed by atoms with Crippen LogP contribution >= 0.6 is 12.6 Å². The predicted octanol–water partition coefficient (Wildman–Crippen LogP) is 1.97. The number of hydrogen-bond acceptors (Lipinski definition) is 4. The van der Waals surface area contributed by atoms with E-state index < -0.39 is 0 Å². The van der Waals surface area contributed by atoms with Gasteiger partial charge in [-0.25, -0.2) is 0 Å². The Morgan fingerprint density at radius 1 is 1.38 bits per heavy atom. The van der Waals surface area contributed by atoms with Crippen molar-refractivity contribution in [3.8, 4) is 11.8 Å². The molecule has 0 heterocycles. The first-order chi connectivity index (χ1) is 7.76. The molecule has 4 heteroatoms. The highest BCUT2D eigenvalue weighted by Gasteiger charge is 1.99. The van der Waals surface area contributed by atoms with E-state index in [4.69, 9.17) is 15.7 Å². The van der Waals surface area contributed by atoms with Gasteiger partial charge in [0.15, 0.2) is 0 Å². The lowest BCUT2D eigenvalue weighted by molar-refractivity contribution is 0.303. The number of nitrogens with two attached hydrogens (primary N) is 1. The third-order valence-corrected chi connectivity index (χ3v) is 2.67. The van der Waals surface area contributed by atoms with Crippen molar-refractivity contribution < 1.29 is 4.74 Å². The van der Waals surface area contributed by atoms with Crippen molar-refractivity contribution >= 4 is 12.6 Å². The molecule has 0 amide bonds. The van der Waals surface area contributed by atoms with Crippen LogP contribution < -0.4 is 10.5 Å². The molecule has 3 nitrogen and oxygen atoms in total. The van der Waals surface area contributed by atoms with Crippen molar-refractivity contribution in [1.82, 2.24) is 0 Å². The summed E-state index contributed by atoms with van der Waals surface area (Å²) >= 11 is 4.11. The quantitative estimate of drug-likeness (QED) is 0.586. The van der Waals surface area contributed by atoms with Crippen LogP contribution in [0.15, 0.2) is 24.3 Å². The van der Waals surface area contributed by atoms with E-state index in [1.807, 2.05) is 0 Å². The van der Waals surface area contributed by atoms with Crippen LogP contribution in [-0.4, -0.2) is 18.4 Å². The molecule has 0 aliphatic heterocycles. The molecule has 0 spiro atoms. The van der Waals surface area contributed by atoms with Gasteiger partial charge in [-0.2, -0.15) is 17.9 Å². The Labute approximate surface area is 102 Å². The molecule has 86 valence electrons. The van der Waals surface area contributed by atoms with Crippen molar-refractivity contribution in [2.24, 2.45) is 5.73 Å². The van der Waals surface area contributed by atoms with E-state index in [1.165, 1.54) is 0 Å². The molecule has 0 bridgehead atoms. The summed E-state index contributed by atoms with van der Waals surface area (Å²) in [5, 5.41) is 8.62. The Bertz CT molecular complexity index is 345. The molecule has 0 aliphatic carbocycles. The Balaban J connectivity index is 2.25. The third-order valence-electron chi connectivity index (χ3n) is 2.21. The molecule has 0 aromatic heterocycles. The number of ether oxygens (including phenoxy) is 1. The predicted molar refractivity (Wildman–Crippen MR) is 67.7 cm³/mol. The maximum Gasteiger partial charge on any atom is 0.119 e. The fourth-order valence-corrected chi connectivity index (χ4v) is 1.44. The molecule has 0 saturated heterocycles. The minimum Gasteiger partial charge on any atom is -0.494 e. The molecule has 0 fully saturated rings. The van der Waals surface area contributed by atoms with Crippen LogP contribution in [0.2, 0.25) is 0 Å². The summed E-state index contributed by atoms with van der Waals surface area (Å²) in [5.74, 6) is 1.50. The number of rotatable bonds is 6. The molecule has 1 atom stereocenters. The lowest BCUT2D eigenvalue weighted by atomic mass is 10.2. The van der Waals surface area contributed by atoms with E-state index >= 15 is 0 Å². The van der Waals surface area contributed by atoms with Crippen molar-refractivity contribution in [1.29, 1.82) is 5.26 Å². The lowest BCUT2D eigenvalue weighted by Crippen LogP contribution is -2.22. The smallest absolute Gasteiger partial charge is 0.119 e. The normalized spacial score (nSPS) is 11.8. The van der Waals surface area contributed by atoms with Crippen molar-refractivity contribution in [2.75, 3.05) is 12.4 Å².